The maximum atomic E-state index is 12.3. The van der Waals surface area contributed by atoms with Gasteiger partial charge >= 0.3 is 0 Å². The van der Waals surface area contributed by atoms with E-state index in [1.807, 2.05) is 0 Å². The van der Waals surface area contributed by atoms with Crippen LogP contribution in [-0.2, 0) is 4.79 Å². The molecule has 2 rings (SSSR count). The maximum absolute atomic E-state index is 12.3. The molecule has 96 valence electrons. The van der Waals surface area contributed by atoms with Crippen LogP contribution in [0.15, 0.2) is 18.2 Å². The van der Waals surface area contributed by atoms with Crippen LogP contribution in [-0.4, -0.2) is 43.5 Å². The Balaban J connectivity index is 2.25. The van der Waals surface area contributed by atoms with Crippen LogP contribution < -0.4 is 10.1 Å². The fraction of sp³-hybridized carbons (Fsp3) is 0.333. The minimum absolute atomic E-state index is 0.0740. The van der Waals surface area contributed by atoms with E-state index < -0.39 is 0 Å². The molecule has 0 aromatic heterocycles. The van der Waals surface area contributed by atoms with Gasteiger partial charge in [-0.25, -0.2) is 0 Å². The van der Waals surface area contributed by atoms with Gasteiger partial charge < -0.3 is 15.0 Å². The monoisotopic (exact) mass is 268 g/mol. The predicted octanol–water partition coefficient (Wildman–Crippen LogP) is 0.921. The van der Waals surface area contributed by atoms with E-state index >= 15 is 0 Å². The zero-order chi connectivity index (χ0) is 13.1. The molecule has 18 heavy (non-hydrogen) atoms. The standard InChI is InChI=1S/C12H13ClN2O3/c1-18-10-6-8(13)2-3-9(10)12(17)15-5-4-14-11(16)7-15/h2-3,6H,4-5,7H2,1H3,(H,14,16). The lowest BCUT2D eigenvalue weighted by molar-refractivity contribution is -0.123. The molecule has 1 N–H and O–H groups in total. The van der Waals surface area contributed by atoms with Crippen molar-refractivity contribution in [1.82, 2.24) is 10.2 Å². The number of benzene rings is 1. The summed E-state index contributed by atoms with van der Waals surface area (Å²) in [6.07, 6.45) is 0. The van der Waals surface area contributed by atoms with Gasteiger partial charge in [0.05, 0.1) is 19.2 Å². The third kappa shape index (κ3) is 2.56. The average molecular weight is 269 g/mol. The summed E-state index contributed by atoms with van der Waals surface area (Å²) < 4.78 is 5.13. The van der Waals surface area contributed by atoms with Crippen LogP contribution >= 0.6 is 11.6 Å². The Bertz CT molecular complexity index is 490. The SMILES string of the molecule is COc1cc(Cl)ccc1C(=O)N1CCNC(=O)C1. The number of piperazine rings is 1. The van der Waals surface area contributed by atoms with Crippen molar-refractivity contribution >= 4 is 23.4 Å². The highest BCUT2D eigenvalue weighted by Gasteiger charge is 2.24. The second-order valence-corrected chi connectivity index (χ2v) is 4.36. The molecule has 1 fully saturated rings. The molecular weight excluding hydrogens is 256 g/mol. The highest BCUT2D eigenvalue weighted by atomic mass is 35.5. The van der Waals surface area contributed by atoms with Crippen LogP contribution in [0.25, 0.3) is 0 Å². The summed E-state index contributed by atoms with van der Waals surface area (Å²) in [4.78, 5) is 25.0. The number of nitrogens with zero attached hydrogens (tertiary/aromatic N) is 1. The van der Waals surface area contributed by atoms with Gasteiger partial charge in [-0.05, 0) is 18.2 Å². The molecule has 0 aliphatic carbocycles. The third-order valence-electron chi connectivity index (χ3n) is 2.72. The van der Waals surface area contributed by atoms with Gasteiger partial charge in [-0.15, -0.1) is 0 Å². The molecule has 0 saturated carbocycles. The molecule has 0 spiro atoms. The van der Waals surface area contributed by atoms with E-state index in [2.05, 4.69) is 5.32 Å². The molecular formula is C12H13ClN2O3. The van der Waals surface area contributed by atoms with E-state index in [4.69, 9.17) is 16.3 Å². The van der Waals surface area contributed by atoms with Crippen molar-refractivity contribution in [3.05, 3.63) is 28.8 Å². The Hall–Kier alpha value is -1.75. The first kappa shape index (κ1) is 12.7. The number of halogens is 1. The van der Waals surface area contributed by atoms with Crippen LogP contribution in [0.2, 0.25) is 5.02 Å². The zero-order valence-electron chi connectivity index (χ0n) is 9.90. The van der Waals surface area contributed by atoms with Crippen LogP contribution in [0.5, 0.6) is 5.75 Å². The predicted molar refractivity (Wildman–Crippen MR) is 66.9 cm³/mol. The number of carbonyl (C=O) groups excluding carboxylic acids is 2. The van der Waals surface area contributed by atoms with Crippen LogP contribution in [0.3, 0.4) is 0 Å². The quantitative estimate of drug-likeness (QED) is 0.868. The van der Waals surface area contributed by atoms with Gasteiger partial charge in [0.1, 0.15) is 5.75 Å². The van der Waals surface area contributed by atoms with Gasteiger partial charge in [0.2, 0.25) is 5.91 Å². The molecule has 1 aromatic carbocycles. The Labute approximate surface area is 110 Å². The van der Waals surface area contributed by atoms with Crippen molar-refractivity contribution in [2.75, 3.05) is 26.7 Å². The molecule has 0 radical (unpaired) electrons. The van der Waals surface area contributed by atoms with Crippen molar-refractivity contribution in [2.24, 2.45) is 0 Å². The summed E-state index contributed by atoms with van der Waals surface area (Å²) >= 11 is 5.84. The minimum atomic E-state index is -0.224. The first-order valence-electron chi connectivity index (χ1n) is 5.51. The highest BCUT2D eigenvalue weighted by Crippen LogP contribution is 2.24. The molecule has 2 amide bonds. The van der Waals surface area contributed by atoms with E-state index in [1.165, 1.54) is 12.0 Å². The number of nitrogens with one attached hydrogen (secondary N) is 1. The largest absolute Gasteiger partial charge is 0.496 e. The van der Waals surface area contributed by atoms with Gasteiger partial charge in [0, 0.05) is 18.1 Å². The van der Waals surface area contributed by atoms with E-state index in [0.29, 0.717) is 29.4 Å². The molecule has 1 saturated heterocycles. The fourth-order valence-corrected chi connectivity index (χ4v) is 1.99. The van der Waals surface area contributed by atoms with E-state index in [9.17, 15) is 9.59 Å². The van der Waals surface area contributed by atoms with Crippen molar-refractivity contribution in [3.8, 4) is 5.75 Å². The summed E-state index contributed by atoms with van der Waals surface area (Å²) in [6, 6.07) is 4.82. The number of amides is 2. The van der Waals surface area contributed by atoms with Crippen molar-refractivity contribution in [2.45, 2.75) is 0 Å². The average Bonchev–Trinajstić information content (AvgIpc) is 2.37. The number of ether oxygens (including phenoxy) is 1. The molecule has 0 bridgehead atoms. The highest BCUT2D eigenvalue weighted by molar-refractivity contribution is 6.30. The smallest absolute Gasteiger partial charge is 0.258 e. The van der Waals surface area contributed by atoms with Crippen molar-refractivity contribution < 1.29 is 14.3 Å². The first-order chi connectivity index (χ1) is 8.61. The Morgan fingerprint density at radius 1 is 1.50 bits per heavy atom. The van der Waals surface area contributed by atoms with Crippen LogP contribution in [0.4, 0.5) is 0 Å². The van der Waals surface area contributed by atoms with Crippen LogP contribution in [0.1, 0.15) is 10.4 Å². The topological polar surface area (TPSA) is 58.6 Å². The molecule has 1 aliphatic rings. The van der Waals surface area contributed by atoms with E-state index in [1.54, 1.807) is 18.2 Å². The van der Waals surface area contributed by atoms with Crippen LogP contribution in [0, 0.1) is 0 Å². The first-order valence-corrected chi connectivity index (χ1v) is 5.89. The lowest BCUT2D eigenvalue weighted by atomic mass is 10.1. The summed E-state index contributed by atoms with van der Waals surface area (Å²) in [5.41, 5.74) is 0.414. The summed E-state index contributed by atoms with van der Waals surface area (Å²) in [5.74, 6) is 0.0411. The summed E-state index contributed by atoms with van der Waals surface area (Å²) in [6.45, 7) is 1.04. The van der Waals surface area contributed by atoms with Gasteiger partial charge in [-0.3, -0.25) is 9.59 Å². The summed E-state index contributed by atoms with van der Waals surface area (Å²) in [5, 5.41) is 3.17. The van der Waals surface area contributed by atoms with Gasteiger partial charge in [0.25, 0.3) is 5.91 Å². The molecule has 6 heteroatoms. The Kier molecular flexibility index (Phi) is 3.72. The zero-order valence-corrected chi connectivity index (χ0v) is 10.7. The summed E-state index contributed by atoms with van der Waals surface area (Å²) in [7, 11) is 1.48. The number of hydrogen-bond acceptors (Lipinski definition) is 3. The molecule has 1 aliphatic heterocycles. The van der Waals surface area contributed by atoms with Gasteiger partial charge in [-0.2, -0.15) is 0 Å². The molecule has 0 unspecified atom stereocenters. The number of carbonyl (C=O) groups is 2. The van der Waals surface area contributed by atoms with Crippen molar-refractivity contribution in [3.63, 3.8) is 0 Å². The number of methoxy groups -OCH3 is 1. The third-order valence-corrected chi connectivity index (χ3v) is 2.95. The lowest BCUT2D eigenvalue weighted by Crippen LogP contribution is -2.50. The fourth-order valence-electron chi connectivity index (χ4n) is 1.82. The number of rotatable bonds is 2. The van der Waals surface area contributed by atoms with Crippen molar-refractivity contribution in [1.29, 1.82) is 0 Å². The minimum Gasteiger partial charge on any atom is -0.496 e. The number of hydrogen-bond donors (Lipinski definition) is 1. The van der Waals surface area contributed by atoms with Gasteiger partial charge in [0.15, 0.2) is 0 Å². The van der Waals surface area contributed by atoms with E-state index in [0.717, 1.165) is 0 Å². The van der Waals surface area contributed by atoms with E-state index in [-0.39, 0.29) is 18.4 Å². The van der Waals surface area contributed by atoms with Gasteiger partial charge in [-0.1, -0.05) is 11.6 Å². The normalized spacial score (nSPS) is 15.2. The Morgan fingerprint density at radius 3 is 2.94 bits per heavy atom. The molecule has 1 aromatic rings. The molecule has 0 atom stereocenters. The molecule has 1 heterocycles. The maximum Gasteiger partial charge on any atom is 0.258 e. The molecule has 5 nitrogen and oxygen atoms in total. The second kappa shape index (κ2) is 5.27. The Morgan fingerprint density at radius 2 is 2.28 bits per heavy atom. The lowest BCUT2D eigenvalue weighted by Gasteiger charge is -2.27. The second-order valence-electron chi connectivity index (χ2n) is 3.92.